The smallest absolute Gasteiger partial charge is 0.287 e. The first kappa shape index (κ1) is 21.8. The molecule has 1 aromatic heterocycles. The van der Waals surface area contributed by atoms with Crippen molar-refractivity contribution >= 4 is 35.8 Å². The highest BCUT2D eigenvalue weighted by Crippen LogP contribution is 2.07. The molecule has 0 radical (unpaired) electrons. The molecule has 0 aliphatic heterocycles. The van der Waals surface area contributed by atoms with Gasteiger partial charge in [0.25, 0.3) is 5.91 Å². The Balaban J connectivity index is 0.00000338. The van der Waals surface area contributed by atoms with Crippen LogP contribution in [0.1, 0.15) is 17.0 Å². The maximum atomic E-state index is 11.7. The van der Waals surface area contributed by atoms with Crippen LogP contribution >= 0.6 is 24.0 Å². The van der Waals surface area contributed by atoms with Crippen LogP contribution < -0.4 is 20.7 Å². The molecule has 26 heavy (non-hydrogen) atoms. The van der Waals surface area contributed by atoms with Gasteiger partial charge in [0.05, 0.1) is 12.9 Å². The number of furan rings is 1. The molecule has 8 heteroatoms. The normalized spacial score (nSPS) is 10.6. The molecular formula is C18H25IN4O3. The van der Waals surface area contributed by atoms with Crippen LogP contribution in [0.15, 0.2) is 58.1 Å². The maximum Gasteiger partial charge on any atom is 0.287 e. The van der Waals surface area contributed by atoms with Crippen LogP contribution in [-0.4, -0.2) is 45.2 Å². The van der Waals surface area contributed by atoms with Gasteiger partial charge >= 0.3 is 0 Å². The van der Waals surface area contributed by atoms with E-state index in [1.807, 2.05) is 30.3 Å². The van der Waals surface area contributed by atoms with Gasteiger partial charge in [0.1, 0.15) is 5.75 Å². The Morgan fingerprint density at radius 1 is 1.04 bits per heavy atom. The number of nitrogens with zero attached hydrogens (tertiary/aromatic N) is 1. The lowest BCUT2D eigenvalue weighted by molar-refractivity contribution is 0.0926. The van der Waals surface area contributed by atoms with E-state index in [0.29, 0.717) is 31.4 Å². The Kier molecular flexibility index (Phi) is 10.9. The van der Waals surface area contributed by atoms with Crippen molar-refractivity contribution in [1.29, 1.82) is 0 Å². The van der Waals surface area contributed by atoms with Crippen molar-refractivity contribution in [2.75, 3.05) is 33.3 Å². The third-order valence-electron chi connectivity index (χ3n) is 3.30. The molecule has 0 fully saturated rings. The third-order valence-corrected chi connectivity index (χ3v) is 3.30. The summed E-state index contributed by atoms with van der Waals surface area (Å²) >= 11 is 0. The minimum atomic E-state index is -0.229. The zero-order chi connectivity index (χ0) is 17.7. The van der Waals surface area contributed by atoms with Crippen molar-refractivity contribution in [3.63, 3.8) is 0 Å². The SMILES string of the molecule is CN=C(NCCCOc1ccccc1)NCCNC(=O)c1ccco1.I. The van der Waals surface area contributed by atoms with Crippen LogP contribution in [0.25, 0.3) is 0 Å². The van der Waals surface area contributed by atoms with Crippen LogP contribution in [-0.2, 0) is 0 Å². The summed E-state index contributed by atoms with van der Waals surface area (Å²) in [6.07, 6.45) is 2.32. The van der Waals surface area contributed by atoms with E-state index in [9.17, 15) is 4.79 Å². The van der Waals surface area contributed by atoms with Crippen molar-refractivity contribution < 1.29 is 13.9 Å². The summed E-state index contributed by atoms with van der Waals surface area (Å²) in [5.74, 6) is 1.64. The summed E-state index contributed by atoms with van der Waals surface area (Å²) < 4.78 is 10.6. The Hall–Kier alpha value is -2.23. The molecule has 0 unspecified atom stereocenters. The second-order valence-electron chi connectivity index (χ2n) is 5.17. The van der Waals surface area contributed by atoms with E-state index in [4.69, 9.17) is 9.15 Å². The van der Waals surface area contributed by atoms with Gasteiger partial charge in [-0.2, -0.15) is 0 Å². The monoisotopic (exact) mass is 472 g/mol. The topological polar surface area (TPSA) is 87.9 Å². The van der Waals surface area contributed by atoms with Gasteiger partial charge in [0.15, 0.2) is 11.7 Å². The summed E-state index contributed by atoms with van der Waals surface area (Å²) in [5.41, 5.74) is 0. The Morgan fingerprint density at radius 2 is 1.77 bits per heavy atom. The van der Waals surface area contributed by atoms with E-state index >= 15 is 0 Å². The molecule has 0 atom stereocenters. The van der Waals surface area contributed by atoms with E-state index < -0.39 is 0 Å². The number of hydrogen-bond acceptors (Lipinski definition) is 4. The number of hydrogen-bond donors (Lipinski definition) is 3. The Labute approximate surface area is 170 Å². The molecule has 0 saturated heterocycles. The largest absolute Gasteiger partial charge is 0.494 e. The number of carbonyl (C=O) groups excluding carboxylic acids is 1. The molecular weight excluding hydrogens is 447 g/mol. The maximum absolute atomic E-state index is 11.7. The Morgan fingerprint density at radius 3 is 2.46 bits per heavy atom. The predicted molar refractivity (Wildman–Crippen MR) is 112 cm³/mol. The van der Waals surface area contributed by atoms with E-state index in [1.54, 1.807) is 19.2 Å². The van der Waals surface area contributed by atoms with Crippen LogP contribution in [0.2, 0.25) is 0 Å². The minimum Gasteiger partial charge on any atom is -0.494 e. The lowest BCUT2D eigenvalue weighted by Crippen LogP contribution is -2.42. The number of guanidine groups is 1. The zero-order valence-corrected chi connectivity index (χ0v) is 17.1. The second-order valence-corrected chi connectivity index (χ2v) is 5.17. The molecule has 1 amide bonds. The fourth-order valence-electron chi connectivity index (χ4n) is 2.06. The van der Waals surface area contributed by atoms with Gasteiger partial charge in [-0.05, 0) is 30.7 Å². The highest BCUT2D eigenvalue weighted by molar-refractivity contribution is 14.0. The Bertz CT molecular complexity index is 648. The lowest BCUT2D eigenvalue weighted by atomic mass is 10.3. The summed E-state index contributed by atoms with van der Waals surface area (Å²) in [4.78, 5) is 15.8. The molecule has 0 aliphatic carbocycles. The number of halogens is 1. The number of rotatable bonds is 9. The molecule has 7 nitrogen and oxygen atoms in total. The highest BCUT2D eigenvalue weighted by atomic mass is 127. The van der Waals surface area contributed by atoms with Gasteiger partial charge in [-0.3, -0.25) is 9.79 Å². The summed E-state index contributed by atoms with van der Waals surface area (Å²) in [5, 5.41) is 9.09. The molecule has 1 heterocycles. The van der Waals surface area contributed by atoms with Gasteiger partial charge in [0.2, 0.25) is 0 Å². The van der Waals surface area contributed by atoms with Gasteiger partial charge in [-0.1, -0.05) is 18.2 Å². The average molecular weight is 472 g/mol. The molecule has 0 saturated carbocycles. The fourth-order valence-corrected chi connectivity index (χ4v) is 2.06. The van der Waals surface area contributed by atoms with E-state index in [1.165, 1.54) is 6.26 Å². The van der Waals surface area contributed by atoms with E-state index in [2.05, 4.69) is 20.9 Å². The van der Waals surface area contributed by atoms with Crippen molar-refractivity contribution in [3.05, 3.63) is 54.5 Å². The number of amides is 1. The average Bonchev–Trinajstić information content (AvgIpc) is 3.18. The van der Waals surface area contributed by atoms with Crippen molar-refractivity contribution in [1.82, 2.24) is 16.0 Å². The van der Waals surface area contributed by atoms with Gasteiger partial charge < -0.3 is 25.1 Å². The summed E-state index contributed by atoms with van der Waals surface area (Å²) in [6.45, 7) is 2.41. The highest BCUT2D eigenvalue weighted by Gasteiger charge is 2.06. The summed E-state index contributed by atoms with van der Waals surface area (Å²) in [6, 6.07) is 13.0. The van der Waals surface area contributed by atoms with Crippen molar-refractivity contribution in [2.45, 2.75) is 6.42 Å². The number of aliphatic imine (C=N–C) groups is 1. The quantitative estimate of drug-likeness (QED) is 0.226. The van der Waals surface area contributed by atoms with Crippen molar-refractivity contribution in [3.8, 4) is 5.75 Å². The number of ether oxygens (including phenoxy) is 1. The van der Waals surface area contributed by atoms with Crippen LogP contribution in [0.5, 0.6) is 5.75 Å². The second kappa shape index (κ2) is 13.0. The number of benzene rings is 1. The standard InChI is InChI=1S/C18H24N4O3.HI/c1-19-18(21-10-6-14-24-15-7-3-2-4-8-15)22-12-11-20-17(23)16-9-5-13-25-16;/h2-5,7-9,13H,6,10-12,14H2,1H3,(H,20,23)(H2,19,21,22);1H. The minimum absolute atomic E-state index is 0. The van der Waals surface area contributed by atoms with Crippen LogP contribution in [0.4, 0.5) is 0 Å². The van der Waals surface area contributed by atoms with Crippen LogP contribution in [0.3, 0.4) is 0 Å². The number of carbonyl (C=O) groups is 1. The number of para-hydroxylation sites is 1. The van der Waals surface area contributed by atoms with Crippen LogP contribution in [0, 0.1) is 0 Å². The number of nitrogens with one attached hydrogen (secondary N) is 3. The molecule has 2 aromatic rings. The first-order chi connectivity index (χ1) is 12.3. The predicted octanol–water partition coefficient (Wildman–Crippen LogP) is 2.26. The molecule has 2 rings (SSSR count). The zero-order valence-electron chi connectivity index (χ0n) is 14.7. The summed E-state index contributed by atoms with van der Waals surface area (Å²) in [7, 11) is 1.71. The lowest BCUT2D eigenvalue weighted by Gasteiger charge is -2.12. The van der Waals surface area contributed by atoms with Gasteiger partial charge in [-0.25, -0.2) is 0 Å². The van der Waals surface area contributed by atoms with E-state index in [-0.39, 0.29) is 29.9 Å². The molecule has 0 spiro atoms. The first-order valence-electron chi connectivity index (χ1n) is 8.23. The molecule has 1 aromatic carbocycles. The third kappa shape index (κ3) is 8.24. The fraction of sp³-hybridized carbons (Fsp3) is 0.333. The van der Waals surface area contributed by atoms with Gasteiger partial charge in [-0.15, -0.1) is 24.0 Å². The van der Waals surface area contributed by atoms with Crippen molar-refractivity contribution in [2.24, 2.45) is 4.99 Å². The molecule has 0 bridgehead atoms. The van der Waals surface area contributed by atoms with E-state index in [0.717, 1.165) is 18.7 Å². The molecule has 0 aliphatic rings. The first-order valence-corrected chi connectivity index (χ1v) is 8.23. The molecule has 3 N–H and O–H groups in total. The van der Waals surface area contributed by atoms with Gasteiger partial charge in [0, 0.05) is 26.7 Å². The molecule has 142 valence electrons.